The Hall–Kier alpha value is -2.77. The summed E-state index contributed by atoms with van der Waals surface area (Å²) in [5.74, 6) is -1.21. The van der Waals surface area contributed by atoms with Crippen LogP contribution in [0.2, 0.25) is 0 Å². The van der Waals surface area contributed by atoms with Gasteiger partial charge in [0.25, 0.3) is 0 Å². The topological polar surface area (TPSA) is 96.4 Å². The molecule has 0 fully saturated rings. The van der Waals surface area contributed by atoms with Gasteiger partial charge < -0.3 is 5.11 Å². The van der Waals surface area contributed by atoms with Crippen molar-refractivity contribution in [3.63, 3.8) is 0 Å². The predicted octanol–water partition coefficient (Wildman–Crippen LogP) is 3.04. The van der Waals surface area contributed by atoms with Crippen molar-refractivity contribution in [2.24, 2.45) is 0 Å². The molecule has 0 atom stereocenters. The largest absolute Gasteiger partial charge is 0.478 e. The molecule has 2 N–H and O–H groups in total. The molecule has 0 bridgehead atoms. The third kappa shape index (κ3) is 3.58. The molecule has 2 aromatic carbocycles. The van der Waals surface area contributed by atoms with Gasteiger partial charge in [0.05, 0.1) is 22.5 Å². The van der Waals surface area contributed by atoms with Gasteiger partial charge in [0, 0.05) is 23.1 Å². The Morgan fingerprint density at radius 1 is 1.08 bits per heavy atom. The van der Waals surface area contributed by atoms with Gasteiger partial charge in [-0.25, -0.2) is 22.9 Å². The molecule has 0 aliphatic carbocycles. The lowest BCUT2D eigenvalue weighted by molar-refractivity contribution is 0.0697. The molecular weight excluding hydrogens is 352 g/mol. The van der Waals surface area contributed by atoms with Crippen LogP contribution in [-0.2, 0) is 16.6 Å². The molecule has 0 aliphatic heterocycles. The molecule has 3 aromatic rings. The molecule has 6 nitrogen and oxygen atoms in total. The van der Waals surface area contributed by atoms with Crippen LogP contribution in [0.3, 0.4) is 0 Å². The van der Waals surface area contributed by atoms with Gasteiger partial charge in [-0.1, -0.05) is 48.5 Å². The molecule has 0 amide bonds. The maximum Gasteiger partial charge on any atom is 0.336 e. The molecule has 7 heteroatoms. The van der Waals surface area contributed by atoms with Crippen LogP contribution in [-0.4, -0.2) is 30.2 Å². The SMILES string of the molecule is CCS(=O)(=O)NCc1c(-c2ccccc2)nc2ccccc2c1C(=O)O. The number of carbonyl (C=O) groups is 1. The highest BCUT2D eigenvalue weighted by atomic mass is 32.2. The zero-order chi connectivity index (χ0) is 18.7. The van der Waals surface area contributed by atoms with Crippen LogP contribution < -0.4 is 4.72 Å². The highest BCUT2D eigenvalue weighted by Crippen LogP contribution is 2.30. The Bertz CT molecular complexity index is 1060. The number of pyridine rings is 1. The number of rotatable bonds is 6. The number of hydrogen-bond donors (Lipinski definition) is 2. The smallest absolute Gasteiger partial charge is 0.336 e. The van der Waals surface area contributed by atoms with Gasteiger partial charge in [0.1, 0.15) is 0 Å². The second-order valence-electron chi connectivity index (χ2n) is 5.73. The van der Waals surface area contributed by atoms with E-state index in [1.54, 1.807) is 24.3 Å². The number of benzene rings is 2. The summed E-state index contributed by atoms with van der Waals surface area (Å²) < 4.78 is 26.2. The number of carboxylic acids is 1. The van der Waals surface area contributed by atoms with Crippen molar-refractivity contribution in [1.29, 1.82) is 0 Å². The van der Waals surface area contributed by atoms with Crippen molar-refractivity contribution in [3.8, 4) is 11.3 Å². The van der Waals surface area contributed by atoms with Crippen molar-refractivity contribution in [1.82, 2.24) is 9.71 Å². The molecule has 0 unspecified atom stereocenters. The fraction of sp³-hybridized carbons (Fsp3) is 0.158. The summed E-state index contributed by atoms with van der Waals surface area (Å²) in [7, 11) is -3.48. The average Bonchev–Trinajstić information content (AvgIpc) is 2.65. The van der Waals surface area contributed by atoms with Crippen molar-refractivity contribution >= 4 is 26.9 Å². The molecule has 3 rings (SSSR count). The molecule has 0 radical (unpaired) electrons. The Morgan fingerprint density at radius 3 is 2.38 bits per heavy atom. The van der Waals surface area contributed by atoms with E-state index in [-0.39, 0.29) is 17.9 Å². The van der Waals surface area contributed by atoms with Crippen LogP contribution >= 0.6 is 0 Å². The van der Waals surface area contributed by atoms with Crippen molar-refractivity contribution < 1.29 is 18.3 Å². The van der Waals surface area contributed by atoms with Crippen molar-refractivity contribution in [3.05, 3.63) is 65.7 Å². The minimum atomic E-state index is -3.48. The molecule has 1 aromatic heterocycles. The number of sulfonamides is 1. The zero-order valence-corrected chi connectivity index (χ0v) is 15.0. The number of nitrogens with one attached hydrogen (secondary N) is 1. The highest BCUT2D eigenvalue weighted by molar-refractivity contribution is 7.89. The summed E-state index contributed by atoms with van der Waals surface area (Å²) in [6, 6.07) is 16.1. The number of nitrogens with zero attached hydrogens (tertiary/aromatic N) is 1. The number of hydrogen-bond acceptors (Lipinski definition) is 4. The van der Waals surface area contributed by atoms with E-state index in [9.17, 15) is 18.3 Å². The fourth-order valence-corrected chi connectivity index (χ4v) is 3.36. The van der Waals surface area contributed by atoms with Crippen molar-refractivity contribution in [2.45, 2.75) is 13.5 Å². The standard InChI is InChI=1S/C19H18N2O4S/c1-2-26(24,25)20-12-15-17(19(22)23)14-10-6-7-11-16(14)21-18(15)13-8-4-3-5-9-13/h3-11,20H,2,12H2,1H3,(H,22,23). The minimum absolute atomic E-state index is 0.0632. The summed E-state index contributed by atoms with van der Waals surface area (Å²) in [6.07, 6.45) is 0. The molecule has 0 spiro atoms. The van der Waals surface area contributed by atoms with Gasteiger partial charge in [0.15, 0.2) is 0 Å². The van der Waals surface area contributed by atoms with Gasteiger partial charge in [-0.05, 0) is 13.0 Å². The van der Waals surface area contributed by atoms with E-state index in [0.717, 1.165) is 5.56 Å². The zero-order valence-electron chi connectivity index (χ0n) is 14.1. The highest BCUT2D eigenvalue weighted by Gasteiger charge is 2.22. The summed E-state index contributed by atoms with van der Waals surface area (Å²) >= 11 is 0. The molecule has 0 saturated heterocycles. The first kappa shape index (κ1) is 18.0. The van der Waals surface area contributed by atoms with Crippen LogP contribution in [0, 0.1) is 0 Å². The lowest BCUT2D eigenvalue weighted by Crippen LogP contribution is -2.26. The number of carboxylic acid groups (broad SMARTS) is 1. The molecular formula is C19H18N2O4S. The third-order valence-electron chi connectivity index (χ3n) is 4.10. The Kier molecular flexibility index (Phi) is 5.01. The number of para-hydroxylation sites is 1. The van der Waals surface area contributed by atoms with Crippen LogP contribution in [0.5, 0.6) is 0 Å². The summed E-state index contributed by atoms with van der Waals surface area (Å²) in [5, 5.41) is 10.3. The number of aromatic carboxylic acids is 1. The maximum atomic E-state index is 12.0. The molecule has 134 valence electrons. The summed E-state index contributed by atoms with van der Waals surface area (Å²) in [4.78, 5) is 16.6. The molecule has 1 heterocycles. The van der Waals surface area contributed by atoms with Gasteiger partial charge in [0.2, 0.25) is 10.0 Å². The Balaban J connectivity index is 2.29. The first-order valence-electron chi connectivity index (χ1n) is 8.10. The lowest BCUT2D eigenvalue weighted by atomic mass is 9.97. The van der Waals surface area contributed by atoms with E-state index in [1.807, 2.05) is 30.3 Å². The summed E-state index contributed by atoms with van der Waals surface area (Å²) in [6.45, 7) is 1.39. The second kappa shape index (κ2) is 7.23. The first-order chi connectivity index (χ1) is 12.4. The van der Waals surface area contributed by atoms with Gasteiger partial charge in [-0.3, -0.25) is 0 Å². The van der Waals surface area contributed by atoms with Crippen LogP contribution in [0.15, 0.2) is 54.6 Å². The number of fused-ring (bicyclic) bond motifs is 1. The van der Waals surface area contributed by atoms with Gasteiger partial charge in [-0.15, -0.1) is 0 Å². The van der Waals surface area contributed by atoms with E-state index in [1.165, 1.54) is 6.92 Å². The maximum absolute atomic E-state index is 12.0. The first-order valence-corrected chi connectivity index (χ1v) is 9.76. The van der Waals surface area contributed by atoms with Crippen LogP contribution in [0.1, 0.15) is 22.8 Å². The minimum Gasteiger partial charge on any atom is -0.478 e. The number of aromatic nitrogens is 1. The molecule has 26 heavy (non-hydrogen) atoms. The van der Waals surface area contributed by atoms with E-state index in [0.29, 0.717) is 22.2 Å². The van der Waals surface area contributed by atoms with E-state index < -0.39 is 16.0 Å². The second-order valence-corrected chi connectivity index (χ2v) is 7.82. The van der Waals surface area contributed by atoms with Crippen molar-refractivity contribution in [2.75, 3.05) is 5.75 Å². The van der Waals surface area contributed by atoms with Gasteiger partial charge >= 0.3 is 5.97 Å². The third-order valence-corrected chi connectivity index (χ3v) is 5.45. The molecule has 0 saturated carbocycles. The average molecular weight is 370 g/mol. The van der Waals surface area contributed by atoms with Crippen LogP contribution in [0.4, 0.5) is 0 Å². The van der Waals surface area contributed by atoms with Crippen LogP contribution in [0.25, 0.3) is 22.2 Å². The monoisotopic (exact) mass is 370 g/mol. The van der Waals surface area contributed by atoms with E-state index >= 15 is 0 Å². The Morgan fingerprint density at radius 2 is 1.73 bits per heavy atom. The normalized spacial score (nSPS) is 11.6. The summed E-state index contributed by atoms with van der Waals surface area (Å²) in [5.41, 5.74) is 2.14. The quantitative estimate of drug-likeness (QED) is 0.695. The van der Waals surface area contributed by atoms with E-state index in [4.69, 9.17) is 0 Å². The lowest BCUT2D eigenvalue weighted by Gasteiger charge is -2.15. The fourth-order valence-electron chi connectivity index (χ4n) is 2.79. The predicted molar refractivity (Wildman–Crippen MR) is 100 cm³/mol. The Labute approximate surface area is 151 Å². The van der Waals surface area contributed by atoms with E-state index in [2.05, 4.69) is 9.71 Å². The van der Waals surface area contributed by atoms with Gasteiger partial charge in [-0.2, -0.15) is 0 Å². The molecule has 0 aliphatic rings.